The third-order valence-corrected chi connectivity index (χ3v) is 10.6. The molecule has 3 aromatic carbocycles. The maximum atomic E-state index is 14.3. The number of hydrogen-bond donors (Lipinski definition) is 2. The molecule has 0 fully saturated rings. The van der Waals surface area contributed by atoms with Crippen LogP contribution < -0.4 is 15.4 Å². The van der Waals surface area contributed by atoms with E-state index in [2.05, 4.69) is 34.4 Å². The number of nitrogens with zero attached hydrogens (tertiary/aromatic N) is 2. The van der Waals surface area contributed by atoms with E-state index in [1.165, 1.54) is 13.4 Å². The van der Waals surface area contributed by atoms with Crippen molar-refractivity contribution in [2.45, 2.75) is 77.2 Å². The van der Waals surface area contributed by atoms with Crippen LogP contribution in [0.25, 0.3) is 11.6 Å². The molecule has 1 spiro atoms. The number of carbonyl (C=O) groups excluding carboxylic acids is 3. The topological polar surface area (TPSA) is 155 Å². The van der Waals surface area contributed by atoms with E-state index >= 15 is 0 Å². The van der Waals surface area contributed by atoms with E-state index < -0.39 is 35.5 Å². The van der Waals surface area contributed by atoms with Crippen LogP contribution in [0.1, 0.15) is 102 Å². The Hall–Kier alpha value is -6.35. The average molecular weight is 755 g/mol. The normalized spacial score (nSPS) is 20.2. The summed E-state index contributed by atoms with van der Waals surface area (Å²) < 4.78 is 30.2. The molecule has 286 valence electrons. The minimum absolute atomic E-state index is 0.0276. The predicted molar refractivity (Wildman–Crippen MR) is 204 cm³/mol. The second-order valence-corrected chi connectivity index (χ2v) is 14.7. The Morgan fingerprint density at radius 3 is 2.66 bits per heavy atom. The van der Waals surface area contributed by atoms with Gasteiger partial charge in [-0.1, -0.05) is 93.6 Å². The SMILES string of the molecule is CCCCC#Cc1cccc2c1N[C@H]1Oc3ccc4cc3C21c1oc(nc1-c1nc(C(=O)OC)co1)[C@H](C(C)C)NC(=O)[C@@H](CC(=O)OCc1ccccc1)C4. The zero-order valence-electron chi connectivity index (χ0n) is 31.6. The Morgan fingerprint density at radius 2 is 1.88 bits per heavy atom. The van der Waals surface area contributed by atoms with E-state index in [-0.39, 0.29) is 54.4 Å². The number of esters is 2. The molecule has 8 rings (SSSR count). The lowest BCUT2D eigenvalue weighted by atomic mass is 9.72. The maximum Gasteiger partial charge on any atom is 0.360 e. The quantitative estimate of drug-likeness (QED) is 0.0888. The third kappa shape index (κ3) is 6.46. The number of carbonyl (C=O) groups is 3. The first-order chi connectivity index (χ1) is 27.2. The molecule has 0 aliphatic carbocycles. The maximum absolute atomic E-state index is 14.3. The van der Waals surface area contributed by atoms with Crippen molar-refractivity contribution in [2.24, 2.45) is 11.8 Å². The van der Waals surface area contributed by atoms with Crippen molar-refractivity contribution in [3.05, 3.63) is 118 Å². The number of amides is 1. The molecule has 2 N–H and O–H groups in total. The number of benzene rings is 3. The van der Waals surface area contributed by atoms with Crippen LogP contribution in [0.2, 0.25) is 0 Å². The predicted octanol–water partition coefficient (Wildman–Crippen LogP) is 7.26. The Labute approximate surface area is 324 Å². The number of nitrogens with one attached hydrogen (secondary N) is 2. The van der Waals surface area contributed by atoms with Crippen LogP contribution in [-0.4, -0.2) is 41.2 Å². The summed E-state index contributed by atoms with van der Waals surface area (Å²) in [6.45, 7) is 6.12. The van der Waals surface area contributed by atoms with E-state index in [1.54, 1.807) is 0 Å². The average Bonchev–Trinajstić information content (AvgIpc) is 3.99. The lowest BCUT2D eigenvalue weighted by Gasteiger charge is -2.28. The zero-order chi connectivity index (χ0) is 39.0. The monoisotopic (exact) mass is 754 g/mol. The first-order valence-electron chi connectivity index (χ1n) is 19.0. The largest absolute Gasteiger partial charge is 0.469 e. The molecule has 2 aromatic heterocycles. The highest BCUT2D eigenvalue weighted by molar-refractivity contribution is 5.88. The summed E-state index contributed by atoms with van der Waals surface area (Å²) in [4.78, 5) is 49.6. The number of unbranched alkanes of at least 4 members (excludes halogenated alkanes) is 2. The van der Waals surface area contributed by atoms with Gasteiger partial charge >= 0.3 is 11.9 Å². The van der Waals surface area contributed by atoms with Crippen molar-refractivity contribution in [1.29, 1.82) is 0 Å². The van der Waals surface area contributed by atoms with Crippen molar-refractivity contribution >= 4 is 23.5 Å². The molecular formula is C44H42N4O8. The van der Waals surface area contributed by atoms with Crippen LogP contribution in [0.4, 0.5) is 5.69 Å². The summed E-state index contributed by atoms with van der Waals surface area (Å²) in [5.74, 6) is 5.37. The molecule has 1 unspecified atom stereocenters. The van der Waals surface area contributed by atoms with Crippen LogP contribution in [0, 0.1) is 23.7 Å². The van der Waals surface area contributed by atoms with Crippen molar-refractivity contribution in [2.75, 3.05) is 12.4 Å². The summed E-state index contributed by atoms with van der Waals surface area (Å²) in [6, 6.07) is 20.4. The van der Waals surface area contributed by atoms with Crippen LogP contribution in [0.3, 0.4) is 0 Å². The van der Waals surface area contributed by atoms with Crippen molar-refractivity contribution in [3.63, 3.8) is 0 Å². The van der Waals surface area contributed by atoms with Gasteiger partial charge in [0.05, 0.1) is 25.1 Å². The molecule has 12 nitrogen and oxygen atoms in total. The Balaban J connectivity index is 1.30. The Bertz CT molecular complexity index is 2370. The van der Waals surface area contributed by atoms with Gasteiger partial charge in [-0.25, -0.2) is 14.8 Å². The van der Waals surface area contributed by atoms with E-state index in [4.69, 9.17) is 28.0 Å². The summed E-state index contributed by atoms with van der Waals surface area (Å²) in [5.41, 5.74) is 3.90. The number of rotatable bonds is 9. The Kier molecular flexibility index (Phi) is 9.85. The van der Waals surface area contributed by atoms with Crippen LogP contribution in [0.5, 0.6) is 5.75 Å². The number of hydrogen-bond acceptors (Lipinski definition) is 11. The number of ether oxygens (including phenoxy) is 3. The van der Waals surface area contributed by atoms with Crippen LogP contribution in [-0.2, 0) is 37.5 Å². The summed E-state index contributed by atoms with van der Waals surface area (Å²) in [7, 11) is 1.27. The smallest absolute Gasteiger partial charge is 0.360 e. The molecule has 4 atom stereocenters. The van der Waals surface area contributed by atoms with E-state index in [1.807, 2.05) is 80.6 Å². The minimum Gasteiger partial charge on any atom is -0.469 e. The van der Waals surface area contributed by atoms with Crippen LogP contribution >= 0.6 is 0 Å². The summed E-state index contributed by atoms with van der Waals surface area (Å²) >= 11 is 0. The molecule has 0 radical (unpaired) electrons. The second-order valence-electron chi connectivity index (χ2n) is 14.7. The van der Waals surface area contributed by atoms with Gasteiger partial charge in [0.2, 0.25) is 17.7 Å². The van der Waals surface area contributed by atoms with Gasteiger partial charge in [-0.15, -0.1) is 0 Å². The number of aromatic nitrogens is 2. The lowest BCUT2D eigenvalue weighted by Crippen LogP contribution is -2.40. The summed E-state index contributed by atoms with van der Waals surface area (Å²) in [6.07, 6.45) is 3.40. The van der Waals surface area contributed by atoms with E-state index in [0.717, 1.165) is 52.8 Å². The van der Waals surface area contributed by atoms with E-state index in [9.17, 15) is 14.4 Å². The standard InChI is InChI=1S/C44H42N4O8/c1-5-6-7-11-15-28-16-12-17-30-36(28)48-43-44(30)31-21-27(18-19-33(31)55-43)20-29(22-34(49)53-23-26-13-9-8-10-14-26)39(50)46-35(25(2)3)41-47-37(38(44)56-41)40-45-32(24-54-40)42(51)52-4/h8-10,12-14,16-19,21,24-25,29,35,43,48H,5-7,20,22-23H2,1-4H3,(H,46,50)/t29-,35+,43+,44?/m1/s1. The van der Waals surface area contributed by atoms with Gasteiger partial charge in [0, 0.05) is 23.1 Å². The third-order valence-electron chi connectivity index (χ3n) is 10.6. The minimum atomic E-state index is -1.16. The fourth-order valence-electron chi connectivity index (χ4n) is 7.74. The van der Waals surface area contributed by atoms with Crippen molar-refractivity contribution < 1.29 is 37.4 Å². The number of oxazole rings is 2. The van der Waals surface area contributed by atoms with Crippen LogP contribution in [0.15, 0.2) is 81.8 Å². The molecule has 0 saturated heterocycles. The second kappa shape index (κ2) is 15.1. The number of methoxy groups -OCH3 is 1. The highest BCUT2D eigenvalue weighted by Gasteiger charge is 2.61. The molecule has 3 aliphatic heterocycles. The fraction of sp³-hybridized carbons (Fsp3) is 0.341. The first-order valence-corrected chi connectivity index (χ1v) is 19.0. The molecule has 3 aliphatic rings. The molecule has 56 heavy (non-hydrogen) atoms. The van der Waals surface area contributed by atoms with Gasteiger partial charge in [0.25, 0.3) is 0 Å². The fourth-order valence-corrected chi connectivity index (χ4v) is 7.74. The van der Waals surface area contributed by atoms with Gasteiger partial charge in [0.1, 0.15) is 30.1 Å². The van der Waals surface area contributed by atoms with Gasteiger partial charge < -0.3 is 33.7 Å². The number of para-hydroxylation sites is 1. The van der Waals surface area contributed by atoms with Gasteiger partial charge in [-0.05, 0) is 42.0 Å². The number of fused-ring (bicyclic) bond motifs is 4. The van der Waals surface area contributed by atoms with Gasteiger partial charge in [-0.2, -0.15) is 0 Å². The zero-order valence-corrected chi connectivity index (χ0v) is 31.6. The highest BCUT2D eigenvalue weighted by atomic mass is 16.5. The first kappa shape index (κ1) is 36.6. The molecular weight excluding hydrogens is 713 g/mol. The van der Waals surface area contributed by atoms with Gasteiger partial charge in [0.15, 0.2) is 23.4 Å². The van der Waals surface area contributed by atoms with Gasteiger partial charge in [-0.3, -0.25) is 9.59 Å². The highest BCUT2D eigenvalue weighted by Crippen LogP contribution is 2.60. The molecule has 4 bridgehead atoms. The van der Waals surface area contributed by atoms with Crippen molar-refractivity contribution in [1.82, 2.24) is 15.3 Å². The Morgan fingerprint density at radius 1 is 1.04 bits per heavy atom. The molecule has 5 heterocycles. The van der Waals surface area contributed by atoms with Crippen molar-refractivity contribution in [3.8, 4) is 29.2 Å². The summed E-state index contributed by atoms with van der Waals surface area (Å²) in [5, 5.41) is 6.78. The molecule has 5 aromatic rings. The number of anilines is 1. The molecule has 12 heteroatoms. The van der Waals surface area contributed by atoms with E-state index in [0.29, 0.717) is 11.5 Å². The molecule has 0 saturated carbocycles. The lowest BCUT2D eigenvalue weighted by molar-refractivity contribution is -0.148. The molecule has 1 amide bonds.